The van der Waals surface area contributed by atoms with E-state index in [2.05, 4.69) is 35.0 Å². The predicted octanol–water partition coefficient (Wildman–Crippen LogP) is 3.93. The van der Waals surface area contributed by atoms with Gasteiger partial charge in [-0.25, -0.2) is 0 Å². The molecule has 3 rings (SSSR count). The Morgan fingerprint density at radius 1 is 1.29 bits per heavy atom. The number of fused-ring (bicyclic) bond motifs is 1. The normalized spacial score (nSPS) is 13.9. The van der Waals surface area contributed by atoms with Gasteiger partial charge in [-0.1, -0.05) is 23.8 Å². The van der Waals surface area contributed by atoms with E-state index in [4.69, 9.17) is 5.73 Å². The Hall–Kier alpha value is -1.81. The van der Waals surface area contributed by atoms with Crippen molar-refractivity contribution in [3.63, 3.8) is 0 Å². The average molecular weight is 345 g/mol. The molecule has 0 aliphatic carbocycles. The fourth-order valence-corrected chi connectivity index (χ4v) is 3.23. The van der Waals surface area contributed by atoms with Crippen molar-refractivity contribution in [2.24, 2.45) is 0 Å². The topological polar surface area (TPSA) is 46.3 Å². The molecule has 21 heavy (non-hydrogen) atoms. The van der Waals surface area contributed by atoms with E-state index in [1.165, 1.54) is 11.1 Å². The van der Waals surface area contributed by atoms with E-state index in [0.29, 0.717) is 15.7 Å². The first kappa shape index (κ1) is 14.1. The smallest absolute Gasteiger partial charge is 0.259 e. The fourth-order valence-electron chi connectivity index (χ4n) is 2.80. The third-order valence-electron chi connectivity index (χ3n) is 3.86. The molecule has 2 N–H and O–H groups in total. The van der Waals surface area contributed by atoms with Gasteiger partial charge < -0.3 is 10.6 Å². The zero-order valence-electron chi connectivity index (χ0n) is 11.9. The molecule has 1 aliphatic rings. The molecule has 0 radical (unpaired) electrons. The molecule has 0 saturated heterocycles. The molecule has 0 unspecified atom stereocenters. The number of benzene rings is 2. The molecular weight excluding hydrogens is 328 g/mol. The monoisotopic (exact) mass is 344 g/mol. The molecule has 1 heterocycles. The zero-order valence-corrected chi connectivity index (χ0v) is 13.5. The van der Waals surface area contributed by atoms with Crippen molar-refractivity contribution < 1.29 is 4.79 Å². The third-order valence-corrected chi connectivity index (χ3v) is 4.74. The standard InChI is InChI=1S/C17H17BrN2O/c1-11-7-8-15-12(10-11)4-3-9-20(15)17(21)13-5-2-6-14(19)16(13)18/h2,5-8,10H,3-4,9,19H2,1H3. The maximum Gasteiger partial charge on any atom is 0.259 e. The van der Waals surface area contributed by atoms with Crippen LogP contribution in [0.15, 0.2) is 40.9 Å². The van der Waals surface area contributed by atoms with Crippen molar-refractivity contribution >= 4 is 33.2 Å². The lowest BCUT2D eigenvalue weighted by molar-refractivity contribution is 0.0984. The molecule has 2 aromatic rings. The van der Waals surface area contributed by atoms with Crippen LogP contribution in [0.4, 0.5) is 11.4 Å². The summed E-state index contributed by atoms with van der Waals surface area (Å²) in [5.41, 5.74) is 10.6. The quantitative estimate of drug-likeness (QED) is 0.796. The zero-order chi connectivity index (χ0) is 15.0. The Kier molecular flexibility index (Phi) is 3.72. The minimum Gasteiger partial charge on any atom is -0.398 e. The van der Waals surface area contributed by atoms with E-state index < -0.39 is 0 Å². The number of carbonyl (C=O) groups is 1. The highest BCUT2D eigenvalue weighted by molar-refractivity contribution is 9.10. The first-order valence-corrected chi connectivity index (χ1v) is 7.82. The third kappa shape index (κ3) is 2.56. The summed E-state index contributed by atoms with van der Waals surface area (Å²) in [6.07, 6.45) is 2.01. The van der Waals surface area contributed by atoms with Gasteiger partial charge in [0, 0.05) is 17.9 Å². The predicted molar refractivity (Wildman–Crippen MR) is 89.7 cm³/mol. The summed E-state index contributed by atoms with van der Waals surface area (Å²) in [5, 5.41) is 0. The fraction of sp³-hybridized carbons (Fsp3) is 0.235. The summed E-state index contributed by atoms with van der Waals surface area (Å²) >= 11 is 3.43. The largest absolute Gasteiger partial charge is 0.398 e. The van der Waals surface area contributed by atoms with Crippen LogP contribution < -0.4 is 10.6 Å². The van der Waals surface area contributed by atoms with E-state index in [9.17, 15) is 4.79 Å². The molecule has 108 valence electrons. The summed E-state index contributed by atoms with van der Waals surface area (Å²) in [6.45, 7) is 2.83. The summed E-state index contributed by atoms with van der Waals surface area (Å²) < 4.78 is 0.675. The number of nitrogens with zero attached hydrogens (tertiary/aromatic N) is 1. The van der Waals surface area contributed by atoms with Crippen LogP contribution in [-0.4, -0.2) is 12.5 Å². The molecule has 0 spiro atoms. The van der Waals surface area contributed by atoms with Crippen LogP contribution in [0.1, 0.15) is 27.9 Å². The highest BCUT2D eigenvalue weighted by Gasteiger charge is 2.25. The first-order chi connectivity index (χ1) is 10.1. The number of anilines is 2. The van der Waals surface area contributed by atoms with Gasteiger partial charge in [-0.15, -0.1) is 0 Å². The molecule has 0 aromatic heterocycles. The number of halogens is 1. The van der Waals surface area contributed by atoms with E-state index in [-0.39, 0.29) is 5.91 Å². The van der Waals surface area contributed by atoms with Crippen molar-refractivity contribution in [2.75, 3.05) is 17.2 Å². The van der Waals surface area contributed by atoms with Crippen LogP contribution in [-0.2, 0) is 6.42 Å². The van der Waals surface area contributed by atoms with Gasteiger partial charge in [0.05, 0.1) is 10.0 Å². The van der Waals surface area contributed by atoms with E-state index in [1.807, 2.05) is 23.1 Å². The summed E-state index contributed by atoms with van der Waals surface area (Å²) in [6, 6.07) is 11.7. The molecule has 4 heteroatoms. The molecule has 0 fully saturated rings. The minimum atomic E-state index is -0.000946. The molecule has 1 amide bonds. The lowest BCUT2D eigenvalue weighted by Gasteiger charge is -2.30. The minimum absolute atomic E-state index is 0.000946. The Balaban J connectivity index is 2.02. The van der Waals surface area contributed by atoms with Crippen LogP contribution in [0.3, 0.4) is 0 Å². The summed E-state index contributed by atoms with van der Waals surface area (Å²) in [5.74, 6) is -0.000946. The number of aryl methyl sites for hydroxylation is 2. The molecule has 0 atom stereocenters. The maximum absolute atomic E-state index is 12.9. The van der Waals surface area contributed by atoms with Crippen LogP contribution in [0.5, 0.6) is 0 Å². The Morgan fingerprint density at radius 3 is 2.90 bits per heavy atom. The SMILES string of the molecule is Cc1ccc2c(c1)CCCN2C(=O)c1cccc(N)c1Br. The van der Waals surface area contributed by atoms with Gasteiger partial charge in [-0.05, 0) is 59.5 Å². The molecule has 0 bridgehead atoms. The number of hydrogen-bond donors (Lipinski definition) is 1. The lowest BCUT2D eigenvalue weighted by Crippen LogP contribution is -2.35. The van der Waals surface area contributed by atoms with Crippen molar-refractivity contribution in [3.8, 4) is 0 Å². The van der Waals surface area contributed by atoms with Gasteiger partial charge in [-0.3, -0.25) is 4.79 Å². The highest BCUT2D eigenvalue weighted by Crippen LogP contribution is 2.32. The second-order valence-corrected chi connectivity index (χ2v) is 6.19. The molecule has 0 saturated carbocycles. The van der Waals surface area contributed by atoms with Gasteiger partial charge in [-0.2, -0.15) is 0 Å². The first-order valence-electron chi connectivity index (χ1n) is 7.03. The van der Waals surface area contributed by atoms with Crippen molar-refractivity contribution in [1.82, 2.24) is 0 Å². The Labute approximate surface area is 132 Å². The number of rotatable bonds is 1. The average Bonchev–Trinajstić information content (AvgIpc) is 2.48. The number of nitrogen functional groups attached to an aromatic ring is 1. The van der Waals surface area contributed by atoms with E-state index >= 15 is 0 Å². The van der Waals surface area contributed by atoms with Crippen LogP contribution in [0.25, 0.3) is 0 Å². The number of hydrogen-bond acceptors (Lipinski definition) is 2. The molecule has 3 nitrogen and oxygen atoms in total. The number of nitrogens with two attached hydrogens (primary N) is 1. The van der Waals surface area contributed by atoms with Crippen LogP contribution in [0, 0.1) is 6.92 Å². The summed E-state index contributed by atoms with van der Waals surface area (Å²) in [7, 11) is 0. The van der Waals surface area contributed by atoms with Crippen molar-refractivity contribution in [1.29, 1.82) is 0 Å². The second-order valence-electron chi connectivity index (χ2n) is 5.40. The van der Waals surface area contributed by atoms with Crippen molar-refractivity contribution in [2.45, 2.75) is 19.8 Å². The van der Waals surface area contributed by atoms with Gasteiger partial charge in [0.15, 0.2) is 0 Å². The van der Waals surface area contributed by atoms with Gasteiger partial charge >= 0.3 is 0 Å². The van der Waals surface area contributed by atoms with Gasteiger partial charge in [0.2, 0.25) is 0 Å². The highest BCUT2D eigenvalue weighted by atomic mass is 79.9. The number of carbonyl (C=O) groups excluding carboxylic acids is 1. The molecule has 1 aliphatic heterocycles. The van der Waals surface area contributed by atoms with Gasteiger partial charge in [0.1, 0.15) is 0 Å². The van der Waals surface area contributed by atoms with Crippen molar-refractivity contribution in [3.05, 3.63) is 57.6 Å². The van der Waals surface area contributed by atoms with Crippen LogP contribution in [0.2, 0.25) is 0 Å². The molecule has 2 aromatic carbocycles. The lowest BCUT2D eigenvalue weighted by atomic mass is 9.99. The summed E-state index contributed by atoms with van der Waals surface area (Å²) in [4.78, 5) is 14.7. The Morgan fingerprint density at radius 2 is 2.10 bits per heavy atom. The van der Waals surface area contributed by atoms with Gasteiger partial charge in [0.25, 0.3) is 5.91 Å². The molecular formula is C17H17BrN2O. The van der Waals surface area contributed by atoms with Crippen LogP contribution >= 0.6 is 15.9 Å². The van der Waals surface area contributed by atoms with E-state index in [0.717, 1.165) is 25.1 Å². The maximum atomic E-state index is 12.9. The Bertz CT molecular complexity index is 712. The van der Waals surface area contributed by atoms with E-state index in [1.54, 1.807) is 6.07 Å². The second kappa shape index (κ2) is 5.53. The number of amides is 1.